The summed E-state index contributed by atoms with van der Waals surface area (Å²) < 4.78 is 24.6. The molecule has 0 saturated carbocycles. The Labute approximate surface area is 117 Å². The minimum atomic E-state index is -2.69. The Hall–Kier alpha value is -1.93. The van der Waals surface area contributed by atoms with Crippen molar-refractivity contribution in [3.8, 4) is 0 Å². The normalized spacial score (nSPS) is 12.4. The molecule has 0 spiro atoms. The first-order chi connectivity index (χ1) is 9.56. The third-order valence-electron chi connectivity index (χ3n) is 2.51. The van der Waals surface area contributed by atoms with Crippen LogP contribution >= 0.6 is 11.3 Å². The number of aromatic nitrogens is 2. The number of carbonyl (C=O) groups is 1. The van der Waals surface area contributed by atoms with Crippen molar-refractivity contribution in [2.24, 2.45) is 5.73 Å². The van der Waals surface area contributed by atoms with E-state index in [0.29, 0.717) is 11.3 Å². The van der Waals surface area contributed by atoms with E-state index in [2.05, 4.69) is 15.5 Å². The minimum absolute atomic E-state index is 0.0353. The quantitative estimate of drug-likeness (QED) is 0.888. The highest BCUT2D eigenvalue weighted by atomic mass is 32.1. The van der Waals surface area contributed by atoms with Crippen molar-refractivity contribution in [3.05, 3.63) is 40.9 Å². The number of hydrogen-bond acceptors (Lipinski definition) is 5. The molecule has 0 fully saturated rings. The van der Waals surface area contributed by atoms with Gasteiger partial charge in [0.2, 0.25) is 11.0 Å². The Bertz CT molecular complexity index is 576. The first-order valence-electron chi connectivity index (χ1n) is 5.78. The van der Waals surface area contributed by atoms with E-state index in [1.807, 2.05) is 30.3 Å². The average molecular weight is 298 g/mol. The van der Waals surface area contributed by atoms with Crippen molar-refractivity contribution in [3.63, 3.8) is 0 Å². The van der Waals surface area contributed by atoms with Gasteiger partial charge in [0, 0.05) is 12.5 Å². The lowest BCUT2D eigenvalue weighted by atomic mass is 10.0. The van der Waals surface area contributed by atoms with Crippen LogP contribution in [0.2, 0.25) is 0 Å². The Morgan fingerprint density at radius 3 is 2.60 bits per heavy atom. The van der Waals surface area contributed by atoms with Crippen molar-refractivity contribution < 1.29 is 13.6 Å². The van der Waals surface area contributed by atoms with Crippen LogP contribution in [0, 0.1) is 0 Å². The lowest BCUT2D eigenvalue weighted by molar-refractivity contribution is -0.116. The number of nitrogens with one attached hydrogen (secondary N) is 1. The van der Waals surface area contributed by atoms with E-state index in [1.54, 1.807) is 0 Å². The zero-order chi connectivity index (χ0) is 14.5. The van der Waals surface area contributed by atoms with Gasteiger partial charge in [0.1, 0.15) is 0 Å². The summed E-state index contributed by atoms with van der Waals surface area (Å²) in [6.07, 6.45) is -2.65. The van der Waals surface area contributed by atoms with Gasteiger partial charge in [-0.25, -0.2) is 8.78 Å². The van der Waals surface area contributed by atoms with Gasteiger partial charge in [-0.15, -0.1) is 10.2 Å². The van der Waals surface area contributed by atoms with Crippen LogP contribution in [-0.2, 0) is 4.79 Å². The SMILES string of the molecule is NC(CC(=O)Nc1nnc(C(F)F)s1)c1ccccc1. The predicted molar refractivity (Wildman–Crippen MR) is 71.5 cm³/mol. The summed E-state index contributed by atoms with van der Waals surface area (Å²) in [4.78, 5) is 11.7. The van der Waals surface area contributed by atoms with Crippen LogP contribution in [-0.4, -0.2) is 16.1 Å². The molecule has 0 aliphatic rings. The molecule has 8 heteroatoms. The number of carbonyl (C=O) groups excluding carboxylic acids is 1. The third-order valence-corrected chi connectivity index (χ3v) is 3.35. The molecule has 3 N–H and O–H groups in total. The molecule has 1 unspecified atom stereocenters. The number of hydrogen-bond donors (Lipinski definition) is 2. The van der Waals surface area contributed by atoms with Crippen LogP contribution in [0.5, 0.6) is 0 Å². The highest BCUT2D eigenvalue weighted by Gasteiger charge is 2.17. The summed E-state index contributed by atoms with van der Waals surface area (Å²) in [5.41, 5.74) is 6.72. The van der Waals surface area contributed by atoms with Crippen molar-refractivity contribution in [1.82, 2.24) is 10.2 Å². The Morgan fingerprint density at radius 2 is 2.00 bits per heavy atom. The van der Waals surface area contributed by atoms with Crippen LogP contribution in [0.25, 0.3) is 0 Å². The number of rotatable bonds is 5. The van der Waals surface area contributed by atoms with Crippen molar-refractivity contribution in [2.75, 3.05) is 5.32 Å². The van der Waals surface area contributed by atoms with Gasteiger partial charge in [-0.2, -0.15) is 0 Å². The molecular formula is C12H12F2N4OS. The molecule has 2 aromatic rings. The van der Waals surface area contributed by atoms with Gasteiger partial charge in [0.05, 0.1) is 0 Å². The van der Waals surface area contributed by atoms with Crippen molar-refractivity contribution in [2.45, 2.75) is 18.9 Å². The van der Waals surface area contributed by atoms with Gasteiger partial charge in [-0.3, -0.25) is 4.79 Å². The summed E-state index contributed by atoms with van der Waals surface area (Å²) >= 11 is 0.647. The van der Waals surface area contributed by atoms with Crippen LogP contribution in [0.3, 0.4) is 0 Å². The second-order valence-electron chi connectivity index (χ2n) is 4.02. The van der Waals surface area contributed by atoms with E-state index in [4.69, 9.17) is 5.73 Å². The first kappa shape index (κ1) is 14.5. The summed E-state index contributed by atoms with van der Waals surface area (Å²) in [5.74, 6) is -0.390. The number of nitrogens with zero attached hydrogens (tertiary/aromatic N) is 2. The van der Waals surface area contributed by atoms with Crippen LogP contribution in [0.1, 0.15) is 29.5 Å². The second-order valence-corrected chi connectivity index (χ2v) is 5.02. The van der Waals surface area contributed by atoms with Crippen LogP contribution in [0.4, 0.5) is 13.9 Å². The molecule has 0 aliphatic carbocycles. The van der Waals surface area contributed by atoms with Gasteiger partial charge in [-0.05, 0) is 5.56 Å². The predicted octanol–water partition coefficient (Wildman–Crippen LogP) is 2.50. The van der Waals surface area contributed by atoms with Crippen molar-refractivity contribution in [1.29, 1.82) is 0 Å². The molecule has 0 radical (unpaired) electrons. The fraction of sp³-hybridized carbons (Fsp3) is 0.250. The Morgan fingerprint density at radius 1 is 1.30 bits per heavy atom. The van der Waals surface area contributed by atoms with E-state index in [9.17, 15) is 13.6 Å². The standard InChI is InChI=1S/C12H12F2N4OS/c13-10(14)11-17-18-12(20-11)16-9(19)6-8(15)7-4-2-1-3-5-7/h1-5,8,10H,6,15H2,(H,16,18,19). The van der Waals surface area contributed by atoms with Gasteiger partial charge >= 0.3 is 0 Å². The fourth-order valence-corrected chi connectivity index (χ4v) is 2.18. The van der Waals surface area contributed by atoms with Gasteiger partial charge in [0.15, 0.2) is 5.01 Å². The van der Waals surface area contributed by atoms with E-state index in [0.717, 1.165) is 5.56 Å². The molecule has 1 amide bonds. The van der Waals surface area contributed by atoms with E-state index >= 15 is 0 Å². The number of alkyl halides is 2. The number of anilines is 1. The average Bonchev–Trinajstić information content (AvgIpc) is 2.88. The maximum atomic E-state index is 12.3. The minimum Gasteiger partial charge on any atom is -0.324 e. The van der Waals surface area contributed by atoms with Crippen LogP contribution < -0.4 is 11.1 Å². The fourth-order valence-electron chi connectivity index (χ4n) is 1.56. The van der Waals surface area contributed by atoms with Crippen molar-refractivity contribution >= 4 is 22.4 Å². The second kappa shape index (κ2) is 6.49. The molecular weight excluding hydrogens is 286 g/mol. The highest BCUT2D eigenvalue weighted by Crippen LogP contribution is 2.25. The van der Waals surface area contributed by atoms with E-state index in [-0.39, 0.29) is 11.6 Å². The number of amides is 1. The molecule has 1 heterocycles. The molecule has 5 nitrogen and oxygen atoms in total. The number of benzene rings is 1. The maximum absolute atomic E-state index is 12.3. The summed E-state index contributed by atoms with van der Waals surface area (Å²) in [6.45, 7) is 0. The third kappa shape index (κ3) is 3.78. The summed E-state index contributed by atoms with van der Waals surface area (Å²) in [6, 6.07) is 8.68. The largest absolute Gasteiger partial charge is 0.324 e. The molecule has 1 atom stereocenters. The summed E-state index contributed by atoms with van der Waals surface area (Å²) in [5, 5.41) is 8.79. The molecule has 0 bridgehead atoms. The molecule has 106 valence electrons. The zero-order valence-electron chi connectivity index (χ0n) is 10.3. The monoisotopic (exact) mass is 298 g/mol. The molecule has 0 aliphatic heterocycles. The molecule has 1 aromatic heterocycles. The zero-order valence-corrected chi connectivity index (χ0v) is 11.1. The summed E-state index contributed by atoms with van der Waals surface area (Å²) in [7, 11) is 0. The highest BCUT2D eigenvalue weighted by molar-refractivity contribution is 7.15. The van der Waals surface area contributed by atoms with Gasteiger partial charge < -0.3 is 11.1 Å². The smallest absolute Gasteiger partial charge is 0.291 e. The first-order valence-corrected chi connectivity index (χ1v) is 6.60. The topological polar surface area (TPSA) is 80.9 Å². The lowest BCUT2D eigenvalue weighted by Gasteiger charge is -2.10. The van der Waals surface area contributed by atoms with Crippen LogP contribution in [0.15, 0.2) is 30.3 Å². The van der Waals surface area contributed by atoms with Gasteiger partial charge in [0.25, 0.3) is 6.43 Å². The number of nitrogens with two attached hydrogens (primary N) is 1. The lowest BCUT2D eigenvalue weighted by Crippen LogP contribution is -2.20. The molecule has 20 heavy (non-hydrogen) atoms. The van der Waals surface area contributed by atoms with Gasteiger partial charge in [-0.1, -0.05) is 41.7 Å². The Balaban J connectivity index is 1.92. The maximum Gasteiger partial charge on any atom is 0.291 e. The molecule has 1 aromatic carbocycles. The van der Waals surface area contributed by atoms with E-state index in [1.165, 1.54) is 0 Å². The Kier molecular flexibility index (Phi) is 4.70. The number of halogens is 2. The molecule has 0 saturated heterocycles. The van der Waals surface area contributed by atoms with E-state index < -0.39 is 23.4 Å². The molecule has 2 rings (SSSR count).